The van der Waals surface area contributed by atoms with Crippen molar-refractivity contribution in [2.24, 2.45) is 5.41 Å². The van der Waals surface area contributed by atoms with E-state index in [0.29, 0.717) is 11.3 Å². The van der Waals surface area contributed by atoms with Gasteiger partial charge in [-0.25, -0.2) is 19.3 Å². The summed E-state index contributed by atoms with van der Waals surface area (Å²) in [6, 6.07) is 0. The number of allylic oxidation sites excluding steroid dienone is 1. The van der Waals surface area contributed by atoms with Gasteiger partial charge in [-0.3, -0.25) is 28.1 Å². The number of imidazole rings is 1. The van der Waals surface area contributed by atoms with E-state index in [0.717, 1.165) is 29.0 Å². The number of aliphatic hydroxyl groups is 2. The van der Waals surface area contributed by atoms with Gasteiger partial charge < -0.3 is 69.0 Å². The highest BCUT2D eigenvalue weighted by molar-refractivity contribution is 8.14. The van der Waals surface area contributed by atoms with Crippen LogP contribution in [0.2, 0.25) is 0 Å². The van der Waals surface area contributed by atoms with Gasteiger partial charge in [-0.15, -0.1) is 0 Å². The van der Waals surface area contributed by atoms with Crippen LogP contribution < -0.4 is 35.9 Å². The number of phosphoric ester groups is 3. The van der Waals surface area contributed by atoms with Crippen LogP contribution in [0, 0.1) is 5.41 Å². The molecule has 54 heavy (non-hydrogen) atoms. The predicted molar refractivity (Wildman–Crippen MR) is 178 cm³/mol. The number of fused-ring (bicyclic) bond motifs is 1. The molecule has 0 spiro atoms. The largest absolute Gasteiger partial charge is 0.790 e. The Morgan fingerprint density at radius 1 is 1.11 bits per heavy atom. The fraction of sp³-hybridized carbons (Fsp3) is 0.615. The molecule has 1 fully saturated rings. The Labute approximate surface area is 311 Å². The molecule has 7 unspecified atom stereocenters. The zero-order valence-corrected chi connectivity index (χ0v) is 32.5. The molecule has 1 aliphatic heterocycles. The zero-order chi connectivity index (χ0) is 40.6. The highest BCUT2D eigenvalue weighted by Crippen LogP contribution is 2.56. The van der Waals surface area contributed by atoms with Gasteiger partial charge in [0.25, 0.3) is 15.6 Å². The Balaban J connectivity index is 1.51. The first-order chi connectivity index (χ1) is 25.0. The molecule has 0 bridgehead atoms. The number of nitrogens with two attached hydrogens (primary N) is 1. The minimum atomic E-state index is -5.91. The maximum atomic E-state index is 12.5. The Kier molecular flexibility index (Phi) is 16.0. The first kappa shape index (κ1) is 45.7. The number of rotatable bonds is 20. The summed E-state index contributed by atoms with van der Waals surface area (Å²) in [5, 5.41) is 26.0. The molecular formula is C26H38N7O17P3S-4. The first-order valence-corrected chi connectivity index (χ1v) is 21.0. The van der Waals surface area contributed by atoms with E-state index in [4.69, 9.17) is 10.5 Å². The summed E-state index contributed by atoms with van der Waals surface area (Å²) in [5.41, 5.74) is 4.64. The lowest BCUT2D eigenvalue weighted by Crippen LogP contribution is -2.46. The second-order valence-electron chi connectivity index (χ2n) is 12.1. The second-order valence-corrected chi connectivity index (χ2v) is 17.2. The number of hydrogen-bond acceptors (Lipinski definition) is 22. The standard InChI is InChI=1S/C26H42N7O17P3S/c1-5-14(2)25(38)54-9-8-28-16(34)6-7-29-23(37)20(36)26(3,4)11-47-53(44,45)50-52(42,43)46-10-15-19(49-51(39,40)41)18(35)24(48-15)33-13-32-17-21(27)30-12-31-22(17)33/h5,12-13,15,18-20,24,35-36H,6-11H2,1-4H3,(H,28,34)(H,29,37)(H,42,43)(H,44,45)(H2,27,30,31)(H2,39,40,41)/p-4/b14-5+. The number of aliphatic hydroxyl groups excluding tert-OH is 2. The molecule has 1 aliphatic rings. The zero-order valence-electron chi connectivity index (χ0n) is 29.0. The Morgan fingerprint density at radius 3 is 2.43 bits per heavy atom. The van der Waals surface area contributed by atoms with Crippen molar-refractivity contribution in [3.8, 4) is 0 Å². The van der Waals surface area contributed by atoms with Crippen LogP contribution in [-0.2, 0) is 50.7 Å². The molecule has 28 heteroatoms. The number of aromatic nitrogens is 4. The molecule has 0 aromatic carbocycles. The minimum Gasteiger partial charge on any atom is -0.790 e. The van der Waals surface area contributed by atoms with E-state index in [-0.39, 0.29) is 41.6 Å². The van der Waals surface area contributed by atoms with E-state index in [1.165, 1.54) is 13.8 Å². The van der Waals surface area contributed by atoms with Gasteiger partial charge in [-0.2, -0.15) is 0 Å². The third-order valence-electron chi connectivity index (χ3n) is 7.47. The van der Waals surface area contributed by atoms with Crippen LogP contribution in [0.25, 0.3) is 11.2 Å². The molecule has 2 amide bonds. The van der Waals surface area contributed by atoms with E-state index in [9.17, 15) is 57.9 Å². The van der Waals surface area contributed by atoms with Crippen LogP contribution in [0.1, 0.15) is 40.3 Å². The molecule has 24 nitrogen and oxygen atoms in total. The lowest BCUT2D eigenvalue weighted by molar-refractivity contribution is -0.347. The molecule has 6 N–H and O–H groups in total. The molecule has 3 rings (SSSR count). The number of hydrogen-bond donors (Lipinski definition) is 5. The van der Waals surface area contributed by atoms with E-state index in [1.807, 2.05) is 0 Å². The highest BCUT2D eigenvalue weighted by atomic mass is 32.2. The maximum Gasteiger partial charge on any atom is 0.274 e. The number of carbonyl (C=O) groups is 3. The maximum absolute atomic E-state index is 12.5. The summed E-state index contributed by atoms with van der Waals surface area (Å²) in [6.45, 7) is 3.46. The minimum absolute atomic E-state index is 0.0218. The van der Waals surface area contributed by atoms with Crippen molar-refractivity contribution < 1.29 is 80.5 Å². The van der Waals surface area contributed by atoms with Gasteiger partial charge >= 0.3 is 0 Å². The molecule has 0 saturated carbocycles. The lowest BCUT2D eigenvalue weighted by atomic mass is 9.87. The molecule has 0 radical (unpaired) electrons. The first-order valence-electron chi connectivity index (χ1n) is 15.6. The Bertz CT molecular complexity index is 1840. The number of anilines is 1. The van der Waals surface area contributed by atoms with Gasteiger partial charge in [-0.1, -0.05) is 31.7 Å². The average molecular weight is 846 g/mol. The van der Waals surface area contributed by atoms with Gasteiger partial charge in [0.2, 0.25) is 16.9 Å². The lowest BCUT2D eigenvalue weighted by Gasteiger charge is -2.36. The molecule has 3 heterocycles. The van der Waals surface area contributed by atoms with Crippen molar-refractivity contribution in [1.29, 1.82) is 0 Å². The van der Waals surface area contributed by atoms with E-state index < -0.39 is 84.6 Å². The summed E-state index contributed by atoms with van der Waals surface area (Å²) in [7, 11) is -17.6. The van der Waals surface area contributed by atoms with E-state index in [2.05, 4.69) is 43.5 Å². The highest BCUT2D eigenvalue weighted by Gasteiger charge is 2.47. The second kappa shape index (κ2) is 19.0. The van der Waals surface area contributed by atoms with E-state index in [1.54, 1.807) is 19.9 Å². The third kappa shape index (κ3) is 13.2. The molecule has 2 aromatic rings. The molecule has 304 valence electrons. The molecule has 0 aliphatic carbocycles. The van der Waals surface area contributed by atoms with Gasteiger partial charge in [-0.05, 0) is 19.4 Å². The number of nitrogens with one attached hydrogen (secondary N) is 2. The quantitative estimate of drug-likeness (QED) is 0.0507. The number of phosphoric acid groups is 3. The van der Waals surface area contributed by atoms with Crippen molar-refractivity contribution in [2.45, 2.75) is 64.8 Å². The van der Waals surface area contributed by atoms with Gasteiger partial charge in [0.05, 0.1) is 27.4 Å². The summed E-state index contributed by atoms with van der Waals surface area (Å²) in [5.74, 6) is -1.24. The predicted octanol–water partition coefficient (Wildman–Crippen LogP) is -2.90. The Hall–Kier alpha value is -2.70. The number of carbonyl (C=O) groups excluding carboxylic acids is 3. The van der Waals surface area contributed by atoms with Crippen LogP contribution in [0.15, 0.2) is 24.3 Å². The number of nitrogen functional groups attached to an aromatic ring is 1. The van der Waals surface area contributed by atoms with Crippen LogP contribution in [0.5, 0.6) is 0 Å². The average Bonchev–Trinajstić information content (AvgIpc) is 3.64. The van der Waals surface area contributed by atoms with Crippen LogP contribution in [-0.4, -0.2) is 103 Å². The summed E-state index contributed by atoms with van der Waals surface area (Å²) >= 11 is 1.02. The summed E-state index contributed by atoms with van der Waals surface area (Å²) in [6.07, 6.45) is -5.92. The number of thioether (sulfide) groups is 1. The fourth-order valence-electron chi connectivity index (χ4n) is 4.48. The van der Waals surface area contributed by atoms with Gasteiger partial charge in [0, 0.05) is 30.7 Å². The smallest absolute Gasteiger partial charge is 0.274 e. The van der Waals surface area contributed by atoms with Gasteiger partial charge in [0.1, 0.15) is 36.3 Å². The number of nitrogens with zero attached hydrogens (tertiary/aromatic N) is 4. The Morgan fingerprint density at radius 2 is 1.78 bits per heavy atom. The van der Waals surface area contributed by atoms with Crippen molar-refractivity contribution in [2.75, 3.05) is 37.8 Å². The summed E-state index contributed by atoms with van der Waals surface area (Å²) < 4.78 is 60.4. The molecule has 7 atom stereocenters. The third-order valence-corrected chi connectivity index (χ3v) is 11.5. The van der Waals surface area contributed by atoms with Crippen LogP contribution in [0.3, 0.4) is 0 Å². The van der Waals surface area contributed by atoms with Crippen molar-refractivity contribution in [3.63, 3.8) is 0 Å². The van der Waals surface area contributed by atoms with Crippen LogP contribution in [0.4, 0.5) is 5.82 Å². The van der Waals surface area contributed by atoms with Crippen molar-refractivity contribution in [1.82, 2.24) is 30.2 Å². The topological polar surface area (TPSA) is 375 Å². The fourth-order valence-corrected chi connectivity index (χ4v) is 7.95. The summed E-state index contributed by atoms with van der Waals surface area (Å²) in [4.78, 5) is 95.6. The SMILES string of the molecule is C/C=C(\C)C(=O)SCCNC(=O)CCNC(=O)C(O)C(C)(C)COP(=O)([O-])OP(=O)([O-])OCC1OC(n2cnc3c(N)ncnc32)C(O)C1OP(=O)([O-])[O-]. The monoisotopic (exact) mass is 845 g/mol. The van der Waals surface area contributed by atoms with Crippen molar-refractivity contribution in [3.05, 3.63) is 24.3 Å². The molecule has 2 aromatic heterocycles. The van der Waals surface area contributed by atoms with Crippen molar-refractivity contribution >= 4 is 69.1 Å². The normalized spacial score (nSPS) is 22.4. The van der Waals surface area contributed by atoms with Gasteiger partial charge in [0.15, 0.2) is 17.7 Å². The number of amides is 2. The number of ether oxygens (including phenoxy) is 1. The molecular weight excluding hydrogens is 807 g/mol. The molecule has 1 saturated heterocycles. The van der Waals surface area contributed by atoms with E-state index >= 15 is 0 Å². The van der Waals surface area contributed by atoms with Crippen LogP contribution >= 0.6 is 35.2 Å².